The lowest BCUT2D eigenvalue weighted by Gasteiger charge is -2.16. The summed E-state index contributed by atoms with van der Waals surface area (Å²) in [5.74, 6) is 0.766. The Morgan fingerprint density at radius 3 is 2.70 bits per heavy atom. The number of aryl methyl sites for hydroxylation is 2. The van der Waals surface area contributed by atoms with Crippen molar-refractivity contribution >= 4 is 11.2 Å². The minimum absolute atomic E-state index is 0. The van der Waals surface area contributed by atoms with E-state index in [0.29, 0.717) is 24.3 Å². The number of hydrogen-bond acceptors (Lipinski definition) is 5. The van der Waals surface area contributed by atoms with Gasteiger partial charge in [0.05, 0.1) is 12.4 Å². The van der Waals surface area contributed by atoms with Crippen molar-refractivity contribution in [3.8, 4) is 5.75 Å². The quantitative estimate of drug-likeness (QED) is 0.285. The molecule has 10 heteroatoms. The number of aliphatic hydroxyl groups is 1. The Labute approximate surface area is 198 Å². The zero-order chi connectivity index (χ0) is 23.3. The van der Waals surface area contributed by atoms with Gasteiger partial charge in [-0.2, -0.15) is 0 Å². The monoisotopic (exact) mass is 477 g/mol. The highest BCUT2D eigenvalue weighted by atomic mass is 35.5. The van der Waals surface area contributed by atoms with Crippen LogP contribution in [0.3, 0.4) is 0 Å². The summed E-state index contributed by atoms with van der Waals surface area (Å²) in [6, 6.07) is 7.96. The van der Waals surface area contributed by atoms with E-state index in [0.717, 1.165) is 28.7 Å². The van der Waals surface area contributed by atoms with Crippen LogP contribution in [-0.2, 0) is 27.1 Å². The van der Waals surface area contributed by atoms with Crippen molar-refractivity contribution in [2.45, 2.75) is 38.5 Å². The highest BCUT2D eigenvalue weighted by Crippen LogP contribution is 2.18. The maximum atomic E-state index is 12.5. The molecular formula is C23H32ClN5O4. The van der Waals surface area contributed by atoms with Crippen molar-refractivity contribution in [1.29, 1.82) is 0 Å². The molecule has 33 heavy (non-hydrogen) atoms. The van der Waals surface area contributed by atoms with Crippen molar-refractivity contribution in [3.05, 3.63) is 69.6 Å². The molecule has 0 aliphatic carbocycles. The molecule has 1 aromatic carbocycles. The number of para-hydroxylation sites is 1. The molecule has 3 rings (SSSR count). The van der Waals surface area contributed by atoms with Gasteiger partial charge in [0.15, 0.2) is 11.2 Å². The van der Waals surface area contributed by atoms with E-state index in [1.54, 1.807) is 17.9 Å². The number of aliphatic hydroxyl groups excluding tert-OH is 1. The number of quaternary nitrogens is 1. The van der Waals surface area contributed by atoms with Crippen molar-refractivity contribution in [2.75, 3.05) is 13.2 Å². The number of ether oxygens (including phenoxy) is 1. The zero-order valence-corrected chi connectivity index (χ0v) is 20.0. The van der Waals surface area contributed by atoms with Crippen LogP contribution in [0.15, 0.2) is 52.8 Å². The predicted octanol–water partition coefficient (Wildman–Crippen LogP) is -3.05. The molecule has 2 aromatic heterocycles. The SMILES string of the molecule is C=CCc1ccccc1OCC(O)C[NH2+]C(C)CCn1cnc2c1c(=O)n(C)c(=O)n2C.[Cl-]. The first kappa shape index (κ1) is 26.4. The third-order valence-corrected chi connectivity index (χ3v) is 5.62. The standard InChI is InChI=1S/C23H31N5O4.ClH/c1-5-8-17-9-6-7-10-19(17)32-14-18(29)13-24-16(2)11-12-28-15-25-21-20(28)22(30)27(4)23(31)26(21)3;/h5-7,9-10,15-16,18,24,29H,1,8,11-14H2,2-4H3;1H. The molecule has 180 valence electrons. The maximum absolute atomic E-state index is 12.5. The van der Waals surface area contributed by atoms with E-state index in [9.17, 15) is 14.7 Å². The first-order chi connectivity index (χ1) is 15.3. The zero-order valence-electron chi connectivity index (χ0n) is 19.3. The van der Waals surface area contributed by atoms with E-state index < -0.39 is 11.8 Å². The second-order valence-electron chi connectivity index (χ2n) is 8.12. The lowest BCUT2D eigenvalue weighted by Crippen LogP contribution is -3.00. The van der Waals surface area contributed by atoms with Crippen LogP contribution < -0.4 is 33.7 Å². The van der Waals surface area contributed by atoms with Gasteiger partial charge in [0.1, 0.15) is 25.0 Å². The number of hydrogen-bond donors (Lipinski definition) is 2. The summed E-state index contributed by atoms with van der Waals surface area (Å²) >= 11 is 0. The number of aromatic nitrogens is 4. The molecule has 0 saturated carbocycles. The number of rotatable bonds is 11. The van der Waals surface area contributed by atoms with Gasteiger partial charge in [-0.25, -0.2) is 9.78 Å². The average Bonchev–Trinajstić information content (AvgIpc) is 3.22. The van der Waals surface area contributed by atoms with Crippen LogP contribution in [0.4, 0.5) is 0 Å². The highest BCUT2D eigenvalue weighted by molar-refractivity contribution is 5.69. The summed E-state index contributed by atoms with van der Waals surface area (Å²) in [5, 5.41) is 12.4. The van der Waals surface area contributed by atoms with Gasteiger partial charge in [-0.05, 0) is 25.0 Å². The van der Waals surface area contributed by atoms with E-state index >= 15 is 0 Å². The number of fused-ring (bicyclic) bond motifs is 1. The number of benzene rings is 1. The molecule has 0 radical (unpaired) electrons. The number of allylic oxidation sites excluding steroid dienone is 1. The fourth-order valence-corrected chi connectivity index (χ4v) is 3.64. The van der Waals surface area contributed by atoms with Crippen LogP contribution in [0.2, 0.25) is 0 Å². The molecule has 0 bridgehead atoms. The van der Waals surface area contributed by atoms with Crippen molar-refractivity contribution in [1.82, 2.24) is 18.7 Å². The van der Waals surface area contributed by atoms with Crippen LogP contribution in [0.5, 0.6) is 5.75 Å². The molecule has 0 fully saturated rings. The lowest BCUT2D eigenvalue weighted by atomic mass is 10.1. The summed E-state index contributed by atoms with van der Waals surface area (Å²) in [6.45, 7) is 7.14. The molecule has 0 spiro atoms. The van der Waals surface area contributed by atoms with Gasteiger partial charge in [-0.15, -0.1) is 6.58 Å². The summed E-state index contributed by atoms with van der Waals surface area (Å²) in [4.78, 5) is 28.8. The summed E-state index contributed by atoms with van der Waals surface area (Å²) in [7, 11) is 3.08. The maximum Gasteiger partial charge on any atom is 0.332 e. The molecule has 0 amide bonds. The largest absolute Gasteiger partial charge is 1.00 e. The van der Waals surface area contributed by atoms with Crippen LogP contribution in [-0.4, -0.2) is 49.1 Å². The third kappa shape index (κ3) is 6.13. The summed E-state index contributed by atoms with van der Waals surface area (Å²) in [6.07, 6.45) is 4.31. The number of halogens is 1. The van der Waals surface area contributed by atoms with Crippen molar-refractivity contribution in [2.24, 2.45) is 14.1 Å². The first-order valence-corrected chi connectivity index (χ1v) is 10.8. The second kappa shape index (κ2) is 11.8. The number of nitrogens with zero attached hydrogens (tertiary/aromatic N) is 4. The van der Waals surface area contributed by atoms with Gasteiger partial charge in [0, 0.05) is 27.1 Å². The lowest BCUT2D eigenvalue weighted by molar-refractivity contribution is -0.692. The Kier molecular flexibility index (Phi) is 9.45. The molecule has 0 saturated heterocycles. The number of nitrogens with two attached hydrogens (primary N) is 1. The molecule has 9 nitrogen and oxygen atoms in total. The fraction of sp³-hybridized carbons (Fsp3) is 0.435. The van der Waals surface area contributed by atoms with Crippen molar-refractivity contribution < 1.29 is 27.6 Å². The molecular weight excluding hydrogens is 446 g/mol. The van der Waals surface area contributed by atoms with E-state index in [-0.39, 0.29) is 30.6 Å². The molecule has 3 N–H and O–H groups in total. The Morgan fingerprint density at radius 1 is 1.24 bits per heavy atom. The summed E-state index contributed by atoms with van der Waals surface area (Å²) in [5.41, 5.74) is 1.12. The molecule has 2 atom stereocenters. The smallest absolute Gasteiger partial charge is 0.332 e. The van der Waals surface area contributed by atoms with Crippen LogP contribution in [0.25, 0.3) is 11.2 Å². The van der Waals surface area contributed by atoms with Gasteiger partial charge < -0.3 is 32.1 Å². The van der Waals surface area contributed by atoms with Gasteiger partial charge in [-0.1, -0.05) is 24.3 Å². The van der Waals surface area contributed by atoms with E-state index in [1.165, 1.54) is 11.6 Å². The van der Waals surface area contributed by atoms with Crippen molar-refractivity contribution in [3.63, 3.8) is 0 Å². The minimum Gasteiger partial charge on any atom is -1.00 e. The van der Waals surface area contributed by atoms with Gasteiger partial charge in [0.2, 0.25) is 0 Å². The Morgan fingerprint density at radius 2 is 1.97 bits per heavy atom. The third-order valence-electron chi connectivity index (χ3n) is 5.62. The Balaban J connectivity index is 0.00000385. The molecule has 3 aromatic rings. The molecule has 2 heterocycles. The topological polar surface area (TPSA) is 108 Å². The van der Waals surface area contributed by atoms with Crippen LogP contribution in [0.1, 0.15) is 18.9 Å². The molecule has 0 aliphatic heterocycles. The van der Waals surface area contributed by atoms with Crippen LogP contribution >= 0.6 is 0 Å². The average molecular weight is 478 g/mol. The van der Waals surface area contributed by atoms with E-state index in [1.807, 2.05) is 30.3 Å². The highest BCUT2D eigenvalue weighted by Gasteiger charge is 2.16. The van der Waals surface area contributed by atoms with E-state index in [2.05, 4.69) is 23.8 Å². The van der Waals surface area contributed by atoms with Gasteiger partial charge >= 0.3 is 5.69 Å². The summed E-state index contributed by atoms with van der Waals surface area (Å²) < 4.78 is 10.1. The van der Waals surface area contributed by atoms with E-state index in [4.69, 9.17) is 4.74 Å². The van der Waals surface area contributed by atoms with Gasteiger partial charge in [-0.3, -0.25) is 13.9 Å². The Hall–Kier alpha value is -2.88. The normalized spacial score (nSPS) is 12.8. The predicted molar refractivity (Wildman–Crippen MR) is 123 cm³/mol. The first-order valence-electron chi connectivity index (χ1n) is 10.8. The Bertz CT molecular complexity index is 1200. The molecule has 2 unspecified atom stereocenters. The van der Waals surface area contributed by atoms with Gasteiger partial charge in [0.25, 0.3) is 5.56 Å². The number of imidazole rings is 1. The second-order valence-corrected chi connectivity index (χ2v) is 8.12. The molecule has 0 aliphatic rings. The fourth-order valence-electron chi connectivity index (χ4n) is 3.64. The minimum atomic E-state index is -0.606. The van der Waals surface area contributed by atoms with Crippen LogP contribution in [0, 0.1) is 0 Å².